The number of carbonyl (C=O) groups is 3. The summed E-state index contributed by atoms with van der Waals surface area (Å²) >= 11 is 7.33. The van der Waals surface area contributed by atoms with Crippen LogP contribution in [0.3, 0.4) is 0 Å². The summed E-state index contributed by atoms with van der Waals surface area (Å²) in [6.45, 7) is 0.429. The van der Waals surface area contributed by atoms with Crippen molar-refractivity contribution in [1.82, 2.24) is 20.2 Å². The molecule has 2 saturated heterocycles. The molecule has 3 unspecified atom stereocenters. The van der Waals surface area contributed by atoms with Crippen molar-refractivity contribution in [2.75, 3.05) is 13.2 Å². The fraction of sp³-hybridized carbons (Fsp3) is 0.292. The van der Waals surface area contributed by atoms with Crippen LogP contribution in [0.5, 0.6) is 0 Å². The number of Topliss-reactive ketones (excluding diaryl/α,β-unsaturated/α-hetero) is 1. The Kier molecular flexibility index (Phi) is 6.40. The van der Waals surface area contributed by atoms with Crippen molar-refractivity contribution in [3.63, 3.8) is 0 Å². The number of ketones is 1. The highest BCUT2D eigenvalue weighted by Gasteiger charge is 2.48. The molecule has 174 valence electrons. The number of carbonyl (C=O) groups excluding carboxylic acids is 3. The predicted octanol–water partition coefficient (Wildman–Crippen LogP) is 2.77. The second-order valence-corrected chi connectivity index (χ2v) is 9.51. The highest BCUT2D eigenvalue weighted by atomic mass is 35.5. The number of aromatic nitrogens is 2. The first-order chi connectivity index (χ1) is 16.5. The molecule has 2 aliphatic heterocycles. The summed E-state index contributed by atoms with van der Waals surface area (Å²) in [7, 11) is 0. The Bertz CT molecular complexity index is 1220. The largest absolute Gasteiger partial charge is 0.368 e. The van der Waals surface area contributed by atoms with Crippen molar-refractivity contribution in [2.45, 2.75) is 31.0 Å². The third-order valence-electron chi connectivity index (χ3n) is 6.00. The van der Waals surface area contributed by atoms with Crippen LogP contribution in [-0.2, 0) is 20.7 Å². The number of nitrogens with zero attached hydrogens (tertiary/aromatic N) is 3. The summed E-state index contributed by atoms with van der Waals surface area (Å²) in [4.78, 5) is 49.0. The van der Waals surface area contributed by atoms with Gasteiger partial charge in [-0.25, -0.2) is 4.98 Å². The maximum atomic E-state index is 13.5. The van der Waals surface area contributed by atoms with Crippen LogP contribution >= 0.6 is 22.9 Å². The molecule has 8 nitrogen and oxygen atoms in total. The molecule has 0 aliphatic carbocycles. The minimum absolute atomic E-state index is 0.0171. The minimum atomic E-state index is -0.871. The molecular weight excluding hydrogens is 476 g/mol. The lowest BCUT2D eigenvalue weighted by Gasteiger charge is -2.27. The molecule has 0 bridgehead atoms. The predicted molar refractivity (Wildman–Crippen MR) is 127 cm³/mol. The van der Waals surface area contributed by atoms with Crippen LogP contribution in [0.4, 0.5) is 0 Å². The minimum Gasteiger partial charge on any atom is -0.368 e. The van der Waals surface area contributed by atoms with Gasteiger partial charge in [-0.05, 0) is 36.2 Å². The van der Waals surface area contributed by atoms with Crippen LogP contribution in [0, 0.1) is 0 Å². The molecule has 2 fully saturated rings. The zero-order valence-corrected chi connectivity index (χ0v) is 19.6. The van der Waals surface area contributed by atoms with E-state index in [1.54, 1.807) is 40.9 Å². The van der Waals surface area contributed by atoms with E-state index in [1.807, 2.05) is 18.2 Å². The van der Waals surface area contributed by atoms with Crippen molar-refractivity contribution in [3.05, 3.63) is 70.5 Å². The second kappa shape index (κ2) is 9.61. The molecule has 10 heteroatoms. The Labute approximate surface area is 204 Å². The third-order valence-corrected chi connectivity index (χ3v) is 7.14. The Balaban J connectivity index is 1.37. The number of hydrogen-bond donors (Lipinski definition) is 1. The van der Waals surface area contributed by atoms with Crippen LogP contribution in [0.1, 0.15) is 22.5 Å². The van der Waals surface area contributed by atoms with E-state index < -0.39 is 18.0 Å². The number of pyridine rings is 1. The summed E-state index contributed by atoms with van der Waals surface area (Å²) in [6.07, 6.45) is 3.93. The van der Waals surface area contributed by atoms with Gasteiger partial charge in [0.05, 0.1) is 6.10 Å². The van der Waals surface area contributed by atoms with E-state index >= 15 is 0 Å². The number of ether oxygens (including phenoxy) is 1. The van der Waals surface area contributed by atoms with Crippen LogP contribution in [0.2, 0.25) is 5.02 Å². The quantitative estimate of drug-likeness (QED) is 0.563. The van der Waals surface area contributed by atoms with Crippen LogP contribution in [-0.4, -0.2) is 63.8 Å². The summed E-state index contributed by atoms with van der Waals surface area (Å²) in [6, 6.07) is 9.31. The zero-order chi connectivity index (χ0) is 23.7. The Hall–Kier alpha value is -3.14. The standard InChI is InChI=1S/C24H21ClN4O4S/c25-16-5-3-14(4-6-16)10-17(24(32)29-9-7-20-21(29)19(30)12-33-20)27-22(31)18-13-34-23(28-18)15-2-1-8-26-11-15/h1-6,8,11,13,17,20-21H,7,9-10,12H2,(H,27,31). The number of halogens is 1. The number of amides is 2. The van der Waals surface area contributed by atoms with Gasteiger partial charge in [-0.1, -0.05) is 23.7 Å². The lowest BCUT2D eigenvalue weighted by Crippen LogP contribution is -2.53. The molecule has 2 amide bonds. The van der Waals surface area contributed by atoms with Crippen LogP contribution in [0.15, 0.2) is 54.2 Å². The molecule has 5 rings (SSSR count). The van der Waals surface area contributed by atoms with E-state index in [0.717, 1.165) is 11.1 Å². The fourth-order valence-electron chi connectivity index (χ4n) is 4.33. The van der Waals surface area contributed by atoms with Gasteiger partial charge in [-0.15, -0.1) is 11.3 Å². The van der Waals surface area contributed by atoms with E-state index in [4.69, 9.17) is 16.3 Å². The Morgan fingerprint density at radius 3 is 2.85 bits per heavy atom. The van der Waals surface area contributed by atoms with Gasteiger partial charge in [-0.2, -0.15) is 0 Å². The van der Waals surface area contributed by atoms with Crippen molar-refractivity contribution in [1.29, 1.82) is 0 Å². The molecular formula is C24H21ClN4O4S. The highest BCUT2D eigenvalue weighted by Crippen LogP contribution is 2.28. The van der Waals surface area contributed by atoms with Crippen LogP contribution < -0.4 is 5.32 Å². The maximum Gasteiger partial charge on any atom is 0.271 e. The van der Waals surface area contributed by atoms with Gasteiger partial charge >= 0.3 is 0 Å². The van der Waals surface area contributed by atoms with E-state index in [2.05, 4.69) is 15.3 Å². The van der Waals surface area contributed by atoms with E-state index in [1.165, 1.54) is 11.3 Å². The van der Waals surface area contributed by atoms with Gasteiger partial charge in [0.25, 0.3) is 5.91 Å². The van der Waals surface area contributed by atoms with E-state index in [9.17, 15) is 14.4 Å². The molecule has 0 spiro atoms. The van der Waals surface area contributed by atoms with Crippen molar-refractivity contribution < 1.29 is 19.1 Å². The molecule has 3 atom stereocenters. The topological polar surface area (TPSA) is 101 Å². The number of likely N-dealkylation sites (tertiary alicyclic amines) is 1. The highest BCUT2D eigenvalue weighted by molar-refractivity contribution is 7.13. The summed E-state index contributed by atoms with van der Waals surface area (Å²) in [5.41, 5.74) is 1.86. The molecule has 1 aromatic carbocycles. The Morgan fingerprint density at radius 1 is 1.26 bits per heavy atom. The van der Waals surface area contributed by atoms with Gasteiger partial charge in [-0.3, -0.25) is 19.4 Å². The number of thiazole rings is 1. The van der Waals surface area contributed by atoms with Gasteiger partial charge < -0.3 is 15.0 Å². The number of nitrogens with one attached hydrogen (secondary N) is 1. The van der Waals surface area contributed by atoms with E-state index in [-0.39, 0.29) is 36.5 Å². The molecule has 3 aromatic rings. The Morgan fingerprint density at radius 2 is 2.09 bits per heavy atom. The number of benzene rings is 1. The first kappa shape index (κ1) is 22.6. The molecule has 4 heterocycles. The van der Waals surface area contributed by atoms with E-state index in [0.29, 0.717) is 23.0 Å². The lowest BCUT2D eigenvalue weighted by atomic mass is 10.0. The zero-order valence-electron chi connectivity index (χ0n) is 18.0. The second-order valence-electron chi connectivity index (χ2n) is 8.22. The number of hydrogen-bond acceptors (Lipinski definition) is 7. The maximum absolute atomic E-state index is 13.5. The number of fused-ring (bicyclic) bond motifs is 1. The number of rotatable bonds is 6. The summed E-state index contributed by atoms with van der Waals surface area (Å²) in [5.74, 6) is -0.867. The average molecular weight is 497 g/mol. The van der Waals surface area contributed by atoms with Gasteiger partial charge in [0, 0.05) is 41.3 Å². The van der Waals surface area contributed by atoms with Crippen molar-refractivity contribution in [3.8, 4) is 10.6 Å². The molecule has 34 heavy (non-hydrogen) atoms. The normalized spacial score (nSPS) is 20.3. The van der Waals surface area contributed by atoms with Gasteiger partial charge in [0.1, 0.15) is 29.4 Å². The first-order valence-electron chi connectivity index (χ1n) is 10.9. The summed E-state index contributed by atoms with van der Waals surface area (Å²) < 4.78 is 5.52. The van der Waals surface area contributed by atoms with Gasteiger partial charge in [0.2, 0.25) is 5.91 Å². The van der Waals surface area contributed by atoms with Crippen LogP contribution in [0.25, 0.3) is 10.6 Å². The molecule has 2 aromatic heterocycles. The van der Waals surface area contributed by atoms with Crippen molar-refractivity contribution in [2.24, 2.45) is 0 Å². The molecule has 0 radical (unpaired) electrons. The average Bonchev–Trinajstić information content (AvgIpc) is 3.58. The smallest absolute Gasteiger partial charge is 0.271 e. The van der Waals surface area contributed by atoms with Gasteiger partial charge in [0.15, 0.2) is 5.78 Å². The fourth-order valence-corrected chi connectivity index (χ4v) is 5.25. The molecule has 2 aliphatic rings. The lowest BCUT2D eigenvalue weighted by molar-refractivity contribution is -0.138. The third kappa shape index (κ3) is 4.59. The SMILES string of the molecule is O=C(NC(Cc1ccc(Cl)cc1)C(=O)N1CCC2OCC(=O)C21)c1csc(-c2cccnc2)n1. The van der Waals surface area contributed by atoms with Crippen molar-refractivity contribution >= 4 is 40.5 Å². The molecule has 1 N–H and O–H groups in total. The monoisotopic (exact) mass is 496 g/mol. The first-order valence-corrected chi connectivity index (χ1v) is 12.1. The molecule has 0 saturated carbocycles. The summed E-state index contributed by atoms with van der Waals surface area (Å²) in [5, 5.41) is 5.74.